The summed E-state index contributed by atoms with van der Waals surface area (Å²) in [5, 5.41) is 17.7. The number of anilines is 2. The average Bonchev–Trinajstić information content (AvgIpc) is 3.03. The van der Waals surface area contributed by atoms with Gasteiger partial charge in [-0.05, 0) is 37.1 Å². The first-order valence-corrected chi connectivity index (χ1v) is 9.97. The molecule has 0 bridgehead atoms. The highest BCUT2D eigenvalue weighted by molar-refractivity contribution is 7.92. The van der Waals surface area contributed by atoms with E-state index in [1.165, 1.54) is 30.3 Å². The molecule has 1 aromatic heterocycles. The number of sulfonamides is 1. The van der Waals surface area contributed by atoms with Gasteiger partial charge in [0.1, 0.15) is 11.8 Å². The molecule has 2 amide bonds. The lowest BCUT2D eigenvalue weighted by molar-refractivity contribution is -0.140. The zero-order valence-corrected chi connectivity index (χ0v) is 16.4. The number of hydrogen-bond acceptors (Lipinski definition) is 6. The number of carboxylic acids is 1. The topological polar surface area (TPSA) is 151 Å². The summed E-state index contributed by atoms with van der Waals surface area (Å²) in [5.41, 5.74) is 0.307. The third-order valence-electron chi connectivity index (χ3n) is 4.06. The summed E-state index contributed by atoms with van der Waals surface area (Å²) in [6, 6.07) is 5.10. The van der Waals surface area contributed by atoms with Crippen molar-refractivity contribution in [1.82, 2.24) is 10.5 Å². The van der Waals surface area contributed by atoms with Gasteiger partial charge in [-0.1, -0.05) is 25.4 Å². The van der Waals surface area contributed by atoms with Crippen molar-refractivity contribution in [2.45, 2.75) is 38.1 Å². The van der Waals surface area contributed by atoms with Gasteiger partial charge in [-0.3, -0.25) is 4.72 Å². The Hall–Kier alpha value is -3.08. The number of hydrogen-bond donors (Lipinski definition) is 4. The summed E-state index contributed by atoms with van der Waals surface area (Å²) in [4.78, 5) is 23.3. The van der Waals surface area contributed by atoms with Crippen molar-refractivity contribution in [3.8, 4) is 0 Å². The van der Waals surface area contributed by atoms with Crippen molar-refractivity contribution in [2.75, 3.05) is 10.0 Å². The number of carboxylic acid groups (broad SMARTS) is 1. The van der Waals surface area contributed by atoms with E-state index in [1.54, 1.807) is 13.8 Å². The fourth-order valence-electron chi connectivity index (χ4n) is 2.32. The number of benzene rings is 1. The Labute approximate surface area is 162 Å². The molecule has 0 unspecified atom stereocenters. The fraction of sp³-hybridized carbons (Fsp3) is 0.353. The number of carbonyl (C=O) groups excluding carboxylic acids is 1. The average molecular weight is 410 g/mol. The Bertz CT molecular complexity index is 939. The third kappa shape index (κ3) is 5.46. The summed E-state index contributed by atoms with van der Waals surface area (Å²) in [6.45, 7) is 5.18. The van der Waals surface area contributed by atoms with Gasteiger partial charge in [-0.2, -0.15) is 0 Å². The van der Waals surface area contributed by atoms with Gasteiger partial charge in [-0.15, -0.1) is 0 Å². The highest BCUT2D eigenvalue weighted by Gasteiger charge is 2.25. The minimum absolute atomic E-state index is 0.0397. The van der Waals surface area contributed by atoms with Gasteiger partial charge in [0, 0.05) is 11.8 Å². The van der Waals surface area contributed by atoms with Crippen LogP contribution >= 0.6 is 0 Å². The van der Waals surface area contributed by atoms with Crippen molar-refractivity contribution in [1.29, 1.82) is 0 Å². The summed E-state index contributed by atoms with van der Waals surface area (Å²) in [6.07, 6.45) is 0.585. The molecule has 2 aromatic rings. The fourth-order valence-corrected chi connectivity index (χ4v) is 3.30. The maximum absolute atomic E-state index is 12.3. The summed E-state index contributed by atoms with van der Waals surface area (Å²) in [7, 11) is -3.87. The van der Waals surface area contributed by atoms with E-state index >= 15 is 0 Å². The van der Waals surface area contributed by atoms with Crippen LogP contribution < -0.4 is 15.4 Å². The van der Waals surface area contributed by atoms with Crippen LogP contribution in [0.4, 0.5) is 16.3 Å². The Morgan fingerprint density at radius 1 is 1.25 bits per heavy atom. The molecular formula is C17H22N4O6S. The minimum Gasteiger partial charge on any atom is -0.480 e. The second-order valence-electron chi connectivity index (χ2n) is 6.25. The van der Waals surface area contributed by atoms with Crippen LogP contribution in [-0.4, -0.2) is 36.7 Å². The second kappa shape index (κ2) is 8.74. The van der Waals surface area contributed by atoms with Gasteiger partial charge in [0.05, 0.1) is 4.90 Å². The number of amides is 2. The highest BCUT2D eigenvalue weighted by atomic mass is 32.2. The molecule has 11 heteroatoms. The molecule has 0 aliphatic rings. The number of aliphatic carboxylic acids is 1. The zero-order chi connectivity index (χ0) is 20.9. The molecule has 0 aliphatic carbocycles. The molecule has 0 fully saturated rings. The van der Waals surface area contributed by atoms with E-state index in [1.807, 2.05) is 6.92 Å². The summed E-state index contributed by atoms with van der Waals surface area (Å²) in [5.74, 6) is -0.855. The van der Waals surface area contributed by atoms with E-state index < -0.39 is 28.1 Å². The minimum atomic E-state index is -3.87. The van der Waals surface area contributed by atoms with Gasteiger partial charge < -0.3 is 20.3 Å². The number of nitrogens with zero attached hydrogens (tertiary/aromatic N) is 1. The predicted molar refractivity (Wildman–Crippen MR) is 102 cm³/mol. The van der Waals surface area contributed by atoms with Crippen molar-refractivity contribution in [3.63, 3.8) is 0 Å². The van der Waals surface area contributed by atoms with Gasteiger partial charge >= 0.3 is 12.0 Å². The molecule has 152 valence electrons. The van der Waals surface area contributed by atoms with Crippen LogP contribution in [0.2, 0.25) is 0 Å². The lowest BCUT2D eigenvalue weighted by Gasteiger charge is -2.20. The van der Waals surface area contributed by atoms with Crippen LogP contribution in [0.25, 0.3) is 0 Å². The maximum atomic E-state index is 12.3. The number of carbonyl (C=O) groups is 2. The highest BCUT2D eigenvalue weighted by Crippen LogP contribution is 2.18. The summed E-state index contributed by atoms with van der Waals surface area (Å²) < 4.78 is 31.7. The quantitative estimate of drug-likeness (QED) is 0.521. The van der Waals surface area contributed by atoms with Gasteiger partial charge in [0.25, 0.3) is 10.0 Å². The van der Waals surface area contributed by atoms with E-state index in [9.17, 15) is 23.1 Å². The van der Waals surface area contributed by atoms with Crippen molar-refractivity contribution < 1.29 is 27.6 Å². The van der Waals surface area contributed by atoms with Crippen LogP contribution in [0.1, 0.15) is 26.0 Å². The number of rotatable bonds is 8. The number of nitrogens with one attached hydrogen (secondary N) is 3. The van der Waals surface area contributed by atoms with E-state index in [2.05, 4.69) is 20.5 Å². The Morgan fingerprint density at radius 3 is 2.39 bits per heavy atom. The standard InChI is InChI=1S/C17H22N4O6S/c1-4-10(2)15(16(22)23)19-17(24)18-12-5-7-13(8-6-12)28(25,26)21-14-9-11(3)27-20-14/h5-10,15H,4H2,1-3H3,(H,20,21)(H,22,23)(H2,18,19,24)/t10-,15-/m0/s1. The van der Waals surface area contributed by atoms with E-state index in [-0.39, 0.29) is 16.6 Å². The van der Waals surface area contributed by atoms with Crippen molar-refractivity contribution in [2.24, 2.45) is 5.92 Å². The van der Waals surface area contributed by atoms with Gasteiger partial charge in [0.2, 0.25) is 0 Å². The van der Waals surface area contributed by atoms with Crippen LogP contribution in [0.15, 0.2) is 39.8 Å². The zero-order valence-electron chi connectivity index (χ0n) is 15.6. The lowest BCUT2D eigenvalue weighted by atomic mass is 9.99. The molecule has 0 saturated carbocycles. The molecule has 1 heterocycles. The van der Waals surface area contributed by atoms with Gasteiger partial charge in [-0.25, -0.2) is 18.0 Å². The van der Waals surface area contributed by atoms with E-state index in [4.69, 9.17) is 4.52 Å². The normalized spacial score (nSPS) is 13.4. The van der Waals surface area contributed by atoms with E-state index in [0.717, 1.165) is 0 Å². The molecule has 0 spiro atoms. The third-order valence-corrected chi connectivity index (χ3v) is 5.43. The molecular weight excluding hydrogens is 388 g/mol. The van der Waals surface area contributed by atoms with Crippen molar-refractivity contribution >= 4 is 33.5 Å². The molecule has 28 heavy (non-hydrogen) atoms. The Balaban J connectivity index is 2.03. The summed E-state index contributed by atoms with van der Waals surface area (Å²) >= 11 is 0. The van der Waals surface area contributed by atoms with Crippen LogP contribution in [-0.2, 0) is 14.8 Å². The predicted octanol–water partition coefficient (Wildman–Crippen LogP) is 2.40. The monoisotopic (exact) mass is 410 g/mol. The maximum Gasteiger partial charge on any atom is 0.326 e. The molecule has 1 aromatic carbocycles. The number of aryl methyl sites for hydroxylation is 1. The molecule has 2 atom stereocenters. The van der Waals surface area contributed by atoms with Crippen LogP contribution in [0, 0.1) is 12.8 Å². The molecule has 4 N–H and O–H groups in total. The second-order valence-corrected chi connectivity index (χ2v) is 7.93. The SMILES string of the molecule is CC[C@H](C)[C@H](NC(=O)Nc1ccc(S(=O)(=O)Nc2cc(C)on2)cc1)C(=O)O. The number of aromatic nitrogens is 1. The molecule has 2 rings (SSSR count). The van der Waals surface area contributed by atoms with Crippen LogP contribution in [0.5, 0.6) is 0 Å². The lowest BCUT2D eigenvalue weighted by Crippen LogP contribution is -2.46. The largest absolute Gasteiger partial charge is 0.480 e. The first-order chi connectivity index (χ1) is 13.1. The number of urea groups is 1. The Morgan fingerprint density at radius 2 is 1.89 bits per heavy atom. The molecule has 0 radical (unpaired) electrons. The molecule has 0 saturated heterocycles. The van der Waals surface area contributed by atoms with Crippen molar-refractivity contribution in [3.05, 3.63) is 36.1 Å². The van der Waals surface area contributed by atoms with E-state index in [0.29, 0.717) is 17.9 Å². The first kappa shape index (κ1) is 21.2. The first-order valence-electron chi connectivity index (χ1n) is 8.49. The Kier molecular flexibility index (Phi) is 6.62. The smallest absolute Gasteiger partial charge is 0.326 e. The van der Waals surface area contributed by atoms with Crippen LogP contribution in [0.3, 0.4) is 0 Å². The van der Waals surface area contributed by atoms with Gasteiger partial charge in [0.15, 0.2) is 5.82 Å². The molecule has 0 aliphatic heterocycles. The molecule has 10 nitrogen and oxygen atoms in total.